The first kappa shape index (κ1) is 15.5. The molecule has 2 heterocycles. The van der Waals surface area contributed by atoms with E-state index in [1.807, 2.05) is 0 Å². The number of hydrogen-bond donors (Lipinski definition) is 2. The highest BCUT2D eigenvalue weighted by molar-refractivity contribution is 7.80. The van der Waals surface area contributed by atoms with Crippen LogP contribution in [0.3, 0.4) is 0 Å². The van der Waals surface area contributed by atoms with Crippen molar-refractivity contribution in [3.05, 3.63) is 47.9 Å². The lowest BCUT2D eigenvalue weighted by Crippen LogP contribution is -2.11. The highest BCUT2D eigenvalue weighted by atomic mass is 32.1. The van der Waals surface area contributed by atoms with Crippen LogP contribution >= 0.6 is 12.6 Å². The van der Waals surface area contributed by atoms with Gasteiger partial charge in [-0.05, 0) is 36.8 Å². The van der Waals surface area contributed by atoms with Crippen molar-refractivity contribution >= 4 is 12.6 Å². The molecule has 2 aromatic heterocycles. The molecule has 0 aliphatic heterocycles. The normalized spacial score (nSPS) is 11.3. The number of nitrogens with zero attached hydrogens (tertiary/aromatic N) is 2. The summed E-state index contributed by atoms with van der Waals surface area (Å²) in [6, 6.07) is 6.26. The topological polar surface area (TPSA) is 33.6 Å². The number of aryl methyl sites for hydroxylation is 2. The lowest BCUT2D eigenvalue weighted by atomic mass is 10.1. The van der Waals surface area contributed by atoms with E-state index in [0.29, 0.717) is 21.7 Å². The first-order valence-corrected chi connectivity index (χ1v) is 6.55. The van der Waals surface area contributed by atoms with E-state index in [0.717, 1.165) is 6.07 Å². The zero-order valence-electron chi connectivity index (χ0n) is 11.4. The van der Waals surface area contributed by atoms with Gasteiger partial charge in [-0.25, -0.2) is 0 Å². The third kappa shape index (κ3) is 3.81. The van der Waals surface area contributed by atoms with Crippen molar-refractivity contribution in [1.82, 2.24) is 14.8 Å². The fraction of sp³-hybridized carbons (Fsp3) is 0.214. The highest BCUT2D eigenvalue weighted by Gasteiger charge is 2.31. The molecule has 0 aliphatic rings. The van der Waals surface area contributed by atoms with Crippen LogP contribution in [0.5, 0.6) is 0 Å². The maximum atomic E-state index is 13.0. The minimum Gasteiger partial charge on any atom is -0.298 e. The largest absolute Gasteiger partial charge is 0.432 e. The first-order chi connectivity index (χ1) is 9.77. The fourth-order valence-corrected chi connectivity index (χ4v) is 1.98. The Morgan fingerprint density at radius 2 is 1.95 bits per heavy atom. The quantitative estimate of drug-likeness (QED) is 0.762. The minimum atomic E-state index is -4.45. The van der Waals surface area contributed by atoms with Crippen LogP contribution in [-0.4, -0.2) is 14.8 Å². The second-order valence-electron chi connectivity index (χ2n) is 4.59. The van der Waals surface area contributed by atoms with E-state index >= 15 is 0 Å². The lowest BCUT2D eigenvalue weighted by Gasteiger charge is -2.10. The average molecular weight is 313 g/mol. The van der Waals surface area contributed by atoms with Gasteiger partial charge in [-0.1, -0.05) is 0 Å². The Hall–Kier alpha value is -1.89. The summed E-state index contributed by atoms with van der Waals surface area (Å²) in [7, 11) is 1.50. The molecule has 7 heteroatoms. The van der Waals surface area contributed by atoms with Gasteiger partial charge in [0.1, 0.15) is 5.69 Å². The first-order valence-electron chi connectivity index (χ1n) is 6.10. The van der Waals surface area contributed by atoms with Crippen molar-refractivity contribution in [2.75, 3.05) is 0 Å². The molecule has 3 nitrogen and oxygen atoms in total. The fourth-order valence-electron chi connectivity index (χ4n) is 1.85. The summed E-state index contributed by atoms with van der Waals surface area (Å²) in [5.41, 5.74) is 0.863. The molecule has 0 aromatic carbocycles. The Balaban J connectivity index is 2.68. The Bertz CT molecular complexity index is 683. The molecule has 0 saturated carbocycles. The lowest BCUT2D eigenvalue weighted by molar-refractivity contribution is -0.142. The Labute approximate surface area is 125 Å². The monoisotopic (exact) mass is 313 g/mol. The molecule has 1 N–H and O–H groups in total. The minimum absolute atomic E-state index is 0.471. The van der Waals surface area contributed by atoms with Gasteiger partial charge in [0, 0.05) is 29.9 Å². The smallest absolute Gasteiger partial charge is 0.298 e. The summed E-state index contributed by atoms with van der Waals surface area (Å²) in [5, 5.41) is 2.29. The van der Waals surface area contributed by atoms with Crippen LogP contribution in [0.4, 0.5) is 13.2 Å². The molecule has 112 valence electrons. The van der Waals surface area contributed by atoms with Crippen LogP contribution in [0, 0.1) is 6.92 Å². The maximum Gasteiger partial charge on any atom is 0.432 e. The molecule has 0 aliphatic carbocycles. The molecule has 0 saturated heterocycles. The van der Waals surface area contributed by atoms with Gasteiger partial charge in [0.25, 0.3) is 0 Å². The molecule has 2 aromatic rings. The number of hydrogen-bond acceptors (Lipinski definition) is 2. The van der Waals surface area contributed by atoms with Crippen molar-refractivity contribution in [2.45, 2.75) is 18.0 Å². The summed E-state index contributed by atoms with van der Waals surface area (Å²) < 4.78 is 40.1. The number of thiol groups is 1. The molecule has 0 unspecified atom stereocenters. The molecule has 0 atom stereocenters. The molecular weight excluding hydrogens is 299 g/mol. The third-order valence-electron chi connectivity index (χ3n) is 2.88. The number of aromatic amines is 1. The van der Waals surface area contributed by atoms with E-state index in [-0.39, 0.29) is 0 Å². The van der Waals surface area contributed by atoms with Crippen LogP contribution in [0.1, 0.15) is 11.3 Å². The van der Waals surface area contributed by atoms with Gasteiger partial charge in [-0.3, -0.25) is 14.8 Å². The number of halogens is 3. The van der Waals surface area contributed by atoms with Gasteiger partial charge >= 0.3 is 6.18 Å². The Morgan fingerprint density at radius 1 is 1.24 bits per heavy atom. The van der Waals surface area contributed by atoms with E-state index < -0.39 is 11.9 Å². The summed E-state index contributed by atoms with van der Waals surface area (Å²) in [6.07, 6.45) is -1.37. The van der Waals surface area contributed by atoms with Crippen molar-refractivity contribution in [3.63, 3.8) is 0 Å². The van der Waals surface area contributed by atoms with E-state index in [2.05, 4.69) is 22.7 Å². The van der Waals surface area contributed by atoms with Crippen molar-refractivity contribution in [2.24, 2.45) is 7.05 Å². The van der Waals surface area contributed by atoms with Gasteiger partial charge in [-0.2, -0.15) is 13.2 Å². The summed E-state index contributed by atoms with van der Waals surface area (Å²) in [6.45, 7) is 1.62. The zero-order valence-corrected chi connectivity index (χ0v) is 12.3. The van der Waals surface area contributed by atoms with E-state index in [1.54, 1.807) is 31.3 Å². The molecule has 2 rings (SSSR count). The SMILES string of the molecule is Cc1cc(C(F)(F)F)[nH]n(C)ccc1-c1ccc(S)cn1. The Kier molecular flexibility index (Phi) is 4.32. The number of rotatable bonds is 1. The maximum absolute atomic E-state index is 13.0. The molecule has 21 heavy (non-hydrogen) atoms. The van der Waals surface area contributed by atoms with Gasteiger partial charge in [0.15, 0.2) is 0 Å². The number of aromatic nitrogens is 3. The molecule has 0 bridgehead atoms. The van der Waals surface area contributed by atoms with Crippen molar-refractivity contribution < 1.29 is 13.2 Å². The highest BCUT2D eigenvalue weighted by Crippen LogP contribution is 2.29. The number of H-pyrrole nitrogens is 1. The molecular formula is C14H14F3N3S. The second-order valence-corrected chi connectivity index (χ2v) is 5.11. The predicted molar refractivity (Wildman–Crippen MR) is 77.6 cm³/mol. The predicted octanol–water partition coefficient (Wildman–Crippen LogP) is 4.16. The number of nitrogens with one attached hydrogen (secondary N) is 1. The van der Waals surface area contributed by atoms with E-state index in [4.69, 9.17) is 0 Å². The zero-order chi connectivity index (χ0) is 15.6. The van der Waals surface area contributed by atoms with Crippen LogP contribution in [-0.2, 0) is 13.2 Å². The average Bonchev–Trinajstić information content (AvgIpc) is 2.37. The van der Waals surface area contributed by atoms with Gasteiger partial charge in [-0.15, -0.1) is 12.6 Å². The number of pyridine rings is 1. The van der Waals surface area contributed by atoms with Gasteiger partial charge in [0.2, 0.25) is 0 Å². The number of alkyl halides is 3. The second kappa shape index (κ2) is 5.85. The van der Waals surface area contributed by atoms with E-state index in [9.17, 15) is 13.2 Å². The van der Waals surface area contributed by atoms with Crippen molar-refractivity contribution in [1.29, 1.82) is 0 Å². The standard InChI is InChI=1S/C14H14F3N3S/c1-9-7-13(14(15,16)17)19-20(2)6-5-11(9)12-4-3-10(21)8-18-12/h3-8,19,21H,1-2H3. The molecule has 0 radical (unpaired) electrons. The third-order valence-corrected chi connectivity index (χ3v) is 3.14. The molecule has 0 fully saturated rings. The summed E-state index contributed by atoms with van der Waals surface area (Å²) >= 11 is 4.15. The van der Waals surface area contributed by atoms with Gasteiger partial charge in [0.05, 0.1) is 5.69 Å². The van der Waals surface area contributed by atoms with Crippen LogP contribution in [0.25, 0.3) is 11.3 Å². The van der Waals surface area contributed by atoms with Crippen molar-refractivity contribution in [3.8, 4) is 11.3 Å². The summed E-state index contributed by atoms with van der Waals surface area (Å²) in [5.74, 6) is 0. The van der Waals surface area contributed by atoms with Crippen LogP contribution in [0.15, 0.2) is 41.6 Å². The molecule has 0 amide bonds. The van der Waals surface area contributed by atoms with Gasteiger partial charge < -0.3 is 0 Å². The molecule has 0 spiro atoms. The summed E-state index contributed by atoms with van der Waals surface area (Å²) in [4.78, 5) is 4.89. The van der Waals surface area contributed by atoms with Crippen LogP contribution in [0.2, 0.25) is 0 Å². The van der Waals surface area contributed by atoms with Crippen LogP contribution < -0.4 is 0 Å². The Morgan fingerprint density at radius 3 is 2.52 bits per heavy atom. The van der Waals surface area contributed by atoms with E-state index in [1.165, 1.54) is 17.9 Å².